The van der Waals surface area contributed by atoms with E-state index in [1.807, 2.05) is 30.3 Å². The molecule has 2 amide bonds. The molecule has 2 aromatic rings. The number of benzene rings is 1. The summed E-state index contributed by atoms with van der Waals surface area (Å²) < 4.78 is 1.59. The Balaban J connectivity index is 1.95. The van der Waals surface area contributed by atoms with Crippen molar-refractivity contribution >= 4 is 17.5 Å². The zero-order valence-electron chi connectivity index (χ0n) is 12.4. The van der Waals surface area contributed by atoms with Gasteiger partial charge in [-0.05, 0) is 26.0 Å². The summed E-state index contributed by atoms with van der Waals surface area (Å²) in [6.45, 7) is 3.06. The van der Waals surface area contributed by atoms with Crippen LogP contribution in [0.25, 0.3) is 5.69 Å². The summed E-state index contributed by atoms with van der Waals surface area (Å²) in [5.74, 6) is -1.62. The van der Waals surface area contributed by atoms with Crippen LogP contribution in [0.4, 0.5) is 5.69 Å². The van der Waals surface area contributed by atoms with E-state index < -0.39 is 17.4 Å². The maximum Gasteiger partial charge on any atom is 0.313 e. The second-order valence-corrected chi connectivity index (χ2v) is 5.46. The monoisotopic (exact) mass is 302 g/mol. The fraction of sp³-hybridized carbons (Fsp3) is 0.267. The van der Waals surface area contributed by atoms with Gasteiger partial charge in [-0.1, -0.05) is 18.2 Å². The Hall–Kier alpha value is -2.67. The summed E-state index contributed by atoms with van der Waals surface area (Å²) in [6, 6.07) is 9.38. The van der Waals surface area contributed by atoms with E-state index in [2.05, 4.69) is 15.7 Å². The van der Waals surface area contributed by atoms with Crippen LogP contribution < -0.4 is 10.6 Å². The minimum Gasteiger partial charge on any atom is -0.389 e. The molecule has 0 aliphatic carbocycles. The lowest BCUT2D eigenvalue weighted by Gasteiger charge is -2.17. The second kappa shape index (κ2) is 6.40. The molecule has 7 heteroatoms. The van der Waals surface area contributed by atoms with Crippen LogP contribution in [0.3, 0.4) is 0 Å². The van der Waals surface area contributed by atoms with Gasteiger partial charge in [-0.25, -0.2) is 4.68 Å². The molecule has 0 saturated carbocycles. The molecule has 2 rings (SSSR count). The van der Waals surface area contributed by atoms with Gasteiger partial charge >= 0.3 is 11.8 Å². The van der Waals surface area contributed by atoms with E-state index in [4.69, 9.17) is 0 Å². The summed E-state index contributed by atoms with van der Waals surface area (Å²) in [4.78, 5) is 23.3. The van der Waals surface area contributed by atoms with Crippen LogP contribution in [-0.2, 0) is 9.59 Å². The van der Waals surface area contributed by atoms with Crippen molar-refractivity contribution in [3.8, 4) is 5.69 Å². The highest BCUT2D eigenvalue weighted by atomic mass is 16.3. The van der Waals surface area contributed by atoms with Crippen molar-refractivity contribution < 1.29 is 14.7 Å². The molecule has 0 radical (unpaired) electrons. The fourth-order valence-electron chi connectivity index (χ4n) is 1.67. The largest absolute Gasteiger partial charge is 0.389 e. The molecular formula is C15H18N4O3. The van der Waals surface area contributed by atoms with Crippen molar-refractivity contribution in [1.82, 2.24) is 15.1 Å². The predicted molar refractivity (Wildman–Crippen MR) is 81.5 cm³/mol. The van der Waals surface area contributed by atoms with Crippen molar-refractivity contribution in [2.75, 3.05) is 11.9 Å². The van der Waals surface area contributed by atoms with Crippen LogP contribution in [-0.4, -0.2) is 38.8 Å². The first-order valence-electron chi connectivity index (χ1n) is 6.77. The van der Waals surface area contributed by atoms with Gasteiger partial charge in [0.1, 0.15) is 0 Å². The Bertz CT molecular complexity index is 659. The van der Waals surface area contributed by atoms with Gasteiger partial charge in [-0.2, -0.15) is 5.10 Å². The number of carbonyl (C=O) groups excluding carboxylic acids is 2. The molecule has 22 heavy (non-hydrogen) atoms. The van der Waals surface area contributed by atoms with E-state index in [-0.39, 0.29) is 6.54 Å². The van der Waals surface area contributed by atoms with Gasteiger partial charge in [0.05, 0.1) is 29.4 Å². The molecule has 0 aliphatic rings. The quantitative estimate of drug-likeness (QED) is 0.724. The Morgan fingerprint density at radius 2 is 1.91 bits per heavy atom. The van der Waals surface area contributed by atoms with Crippen molar-refractivity contribution in [3.05, 3.63) is 42.7 Å². The topological polar surface area (TPSA) is 96.2 Å². The van der Waals surface area contributed by atoms with Crippen LogP contribution in [0.5, 0.6) is 0 Å². The van der Waals surface area contributed by atoms with Gasteiger partial charge in [0, 0.05) is 6.54 Å². The third-order valence-electron chi connectivity index (χ3n) is 2.75. The van der Waals surface area contributed by atoms with Crippen LogP contribution in [0.15, 0.2) is 42.7 Å². The zero-order chi connectivity index (χ0) is 16.2. The molecular weight excluding hydrogens is 284 g/mol. The van der Waals surface area contributed by atoms with Crippen molar-refractivity contribution in [2.24, 2.45) is 0 Å². The average molecular weight is 302 g/mol. The predicted octanol–water partition coefficient (Wildman–Crippen LogP) is 0.698. The first kappa shape index (κ1) is 15.7. The number of carbonyl (C=O) groups is 2. The number of aromatic nitrogens is 2. The molecule has 0 bridgehead atoms. The van der Waals surface area contributed by atoms with Crippen molar-refractivity contribution in [2.45, 2.75) is 19.4 Å². The van der Waals surface area contributed by atoms with E-state index >= 15 is 0 Å². The van der Waals surface area contributed by atoms with E-state index in [0.29, 0.717) is 5.69 Å². The number of hydrogen-bond donors (Lipinski definition) is 3. The third kappa shape index (κ3) is 4.42. The van der Waals surface area contributed by atoms with Gasteiger partial charge < -0.3 is 15.7 Å². The van der Waals surface area contributed by atoms with Gasteiger partial charge in [0.15, 0.2) is 0 Å². The molecule has 3 N–H and O–H groups in total. The molecule has 0 spiro atoms. The lowest BCUT2D eigenvalue weighted by molar-refractivity contribution is -0.136. The van der Waals surface area contributed by atoms with E-state index in [0.717, 1.165) is 5.69 Å². The number of anilines is 1. The van der Waals surface area contributed by atoms with Crippen molar-refractivity contribution in [3.63, 3.8) is 0 Å². The van der Waals surface area contributed by atoms with Crippen LogP contribution in [0, 0.1) is 0 Å². The molecule has 1 aromatic carbocycles. The molecule has 0 atom stereocenters. The number of para-hydroxylation sites is 1. The lowest BCUT2D eigenvalue weighted by atomic mass is 10.1. The Morgan fingerprint density at radius 1 is 1.23 bits per heavy atom. The molecule has 0 aliphatic heterocycles. The number of nitrogens with one attached hydrogen (secondary N) is 2. The van der Waals surface area contributed by atoms with E-state index in [1.165, 1.54) is 20.0 Å². The number of amides is 2. The number of hydrogen-bond acceptors (Lipinski definition) is 4. The lowest BCUT2D eigenvalue weighted by Crippen LogP contribution is -2.43. The molecule has 0 unspecified atom stereocenters. The van der Waals surface area contributed by atoms with Gasteiger partial charge in [-0.3, -0.25) is 9.59 Å². The molecule has 0 saturated heterocycles. The first-order chi connectivity index (χ1) is 10.3. The molecule has 0 fully saturated rings. The minimum absolute atomic E-state index is 0.0114. The Morgan fingerprint density at radius 3 is 2.55 bits per heavy atom. The van der Waals surface area contributed by atoms with Gasteiger partial charge in [0.25, 0.3) is 0 Å². The maximum atomic E-state index is 11.7. The third-order valence-corrected chi connectivity index (χ3v) is 2.75. The Kier molecular flexibility index (Phi) is 4.57. The van der Waals surface area contributed by atoms with Crippen molar-refractivity contribution in [1.29, 1.82) is 0 Å². The van der Waals surface area contributed by atoms with E-state index in [1.54, 1.807) is 10.9 Å². The van der Waals surface area contributed by atoms with E-state index in [9.17, 15) is 14.7 Å². The molecule has 116 valence electrons. The number of aliphatic hydroxyl groups is 1. The maximum absolute atomic E-state index is 11.7. The number of nitrogens with zero attached hydrogens (tertiary/aromatic N) is 2. The Labute approximate surface area is 128 Å². The van der Waals surface area contributed by atoms with Gasteiger partial charge in [0.2, 0.25) is 0 Å². The summed E-state index contributed by atoms with van der Waals surface area (Å²) in [5.41, 5.74) is 0.176. The normalized spacial score (nSPS) is 11.0. The van der Waals surface area contributed by atoms with Crippen LogP contribution in [0.1, 0.15) is 13.8 Å². The summed E-state index contributed by atoms with van der Waals surface area (Å²) in [5, 5.41) is 18.4. The van der Waals surface area contributed by atoms with Crippen LogP contribution >= 0.6 is 0 Å². The highest BCUT2D eigenvalue weighted by Crippen LogP contribution is 2.11. The average Bonchev–Trinajstić information content (AvgIpc) is 2.93. The number of rotatable bonds is 4. The highest BCUT2D eigenvalue weighted by molar-refractivity contribution is 6.39. The van der Waals surface area contributed by atoms with Crippen LogP contribution in [0.2, 0.25) is 0 Å². The summed E-state index contributed by atoms with van der Waals surface area (Å²) in [7, 11) is 0. The smallest absolute Gasteiger partial charge is 0.313 e. The summed E-state index contributed by atoms with van der Waals surface area (Å²) >= 11 is 0. The standard InChI is InChI=1S/C15H18N4O3/c1-15(2,22)10-16-13(20)14(21)18-11-8-17-19(9-11)12-6-4-3-5-7-12/h3-9,22H,10H2,1-2H3,(H,16,20)(H,18,21). The molecule has 1 heterocycles. The summed E-state index contributed by atoms with van der Waals surface area (Å²) in [6.07, 6.45) is 3.06. The second-order valence-electron chi connectivity index (χ2n) is 5.46. The molecule has 1 aromatic heterocycles. The molecule has 7 nitrogen and oxygen atoms in total. The highest BCUT2D eigenvalue weighted by Gasteiger charge is 2.19. The van der Waals surface area contributed by atoms with Gasteiger partial charge in [-0.15, -0.1) is 0 Å². The first-order valence-corrected chi connectivity index (χ1v) is 6.77. The fourth-order valence-corrected chi connectivity index (χ4v) is 1.67. The minimum atomic E-state index is -1.08. The zero-order valence-corrected chi connectivity index (χ0v) is 12.4. The SMILES string of the molecule is CC(C)(O)CNC(=O)C(=O)Nc1cnn(-c2ccccc2)c1.